The van der Waals surface area contributed by atoms with Gasteiger partial charge in [0.15, 0.2) is 5.03 Å². The average Bonchev–Trinajstić information content (AvgIpc) is 2.57. The van der Waals surface area contributed by atoms with E-state index in [1.54, 1.807) is 20.8 Å². The van der Waals surface area contributed by atoms with Gasteiger partial charge in [-0.15, -0.1) is 0 Å². The van der Waals surface area contributed by atoms with E-state index >= 15 is 0 Å². The largest absolute Gasteiger partial charge is 0.478 e. The van der Waals surface area contributed by atoms with Gasteiger partial charge in [-0.25, -0.2) is 18.6 Å². The van der Waals surface area contributed by atoms with Gasteiger partial charge in [-0.1, -0.05) is 20.8 Å². The lowest BCUT2D eigenvalue weighted by atomic mass is 9.96. The van der Waals surface area contributed by atoms with Gasteiger partial charge in [0, 0.05) is 11.5 Å². The highest BCUT2D eigenvalue weighted by Crippen LogP contribution is 2.23. The van der Waals surface area contributed by atoms with Gasteiger partial charge in [0.25, 0.3) is 10.0 Å². The monoisotopic (exact) mass is 413 g/mol. The molecule has 2 aromatic rings. The molecule has 1 aromatic carbocycles. The molecule has 1 heterocycles. The van der Waals surface area contributed by atoms with Crippen molar-refractivity contribution in [2.24, 2.45) is 5.41 Å². The first-order valence-corrected chi connectivity index (χ1v) is 9.32. The predicted octanol–water partition coefficient (Wildman–Crippen LogP) is 2.84. The minimum absolute atomic E-state index is 0.252. The van der Waals surface area contributed by atoms with Crippen LogP contribution in [0.1, 0.15) is 31.1 Å². The minimum Gasteiger partial charge on any atom is -0.478 e. The molecule has 0 saturated heterocycles. The lowest BCUT2D eigenvalue weighted by Gasteiger charge is -2.17. The second kappa shape index (κ2) is 7.50. The predicted molar refractivity (Wildman–Crippen MR) is 96.4 cm³/mol. The summed E-state index contributed by atoms with van der Waals surface area (Å²) in [6, 6.07) is 3.15. The maximum Gasteiger partial charge on any atom is 0.338 e. The Morgan fingerprint density at radius 1 is 1.11 bits per heavy atom. The maximum absolute atomic E-state index is 13.9. The lowest BCUT2D eigenvalue weighted by Crippen LogP contribution is -2.27. The van der Waals surface area contributed by atoms with E-state index in [1.807, 2.05) is 4.72 Å². The highest BCUT2D eigenvalue weighted by molar-refractivity contribution is 7.92. The van der Waals surface area contributed by atoms with Gasteiger partial charge >= 0.3 is 5.97 Å². The Hall–Kier alpha value is -3.08. The zero-order valence-electron chi connectivity index (χ0n) is 15.1. The van der Waals surface area contributed by atoms with Crippen molar-refractivity contribution in [3.8, 4) is 0 Å². The zero-order valence-corrected chi connectivity index (χ0v) is 15.9. The maximum atomic E-state index is 13.9. The molecule has 2 rings (SSSR count). The number of amides is 1. The normalized spacial score (nSPS) is 11.8. The summed E-state index contributed by atoms with van der Waals surface area (Å²) >= 11 is 0. The number of nitrogens with one attached hydrogen (secondary N) is 2. The topological polar surface area (TPSA) is 125 Å². The Balaban J connectivity index is 2.25. The summed E-state index contributed by atoms with van der Waals surface area (Å²) in [4.78, 5) is 26.4. The van der Waals surface area contributed by atoms with Crippen molar-refractivity contribution in [1.29, 1.82) is 0 Å². The summed E-state index contributed by atoms with van der Waals surface area (Å²) in [7, 11) is -4.39. The van der Waals surface area contributed by atoms with Crippen LogP contribution in [0.2, 0.25) is 0 Å². The van der Waals surface area contributed by atoms with Crippen molar-refractivity contribution < 1.29 is 31.9 Å². The number of sulfonamides is 1. The van der Waals surface area contributed by atoms with Gasteiger partial charge in [-0.3, -0.25) is 9.52 Å². The van der Waals surface area contributed by atoms with Crippen LogP contribution in [0.15, 0.2) is 35.5 Å². The van der Waals surface area contributed by atoms with Crippen LogP contribution in [0.25, 0.3) is 0 Å². The van der Waals surface area contributed by atoms with Gasteiger partial charge in [0.05, 0.1) is 23.1 Å². The molecule has 150 valence electrons. The summed E-state index contributed by atoms with van der Waals surface area (Å²) < 4.78 is 54.1. The standard InChI is InChI=1S/C17H17F2N3O5S/c1-17(2,3)16(25)21-9-4-5-14(20-8-9)28(26,27)22-13-7-11(18)10(15(23)24)6-12(13)19/h4-8,22H,1-3H3,(H,21,25)(H,23,24). The van der Waals surface area contributed by atoms with E-state index in [4.69, 9.17) is 5.11 Å². The number of hydrogen-bond acceptors (Lipinski definition) is 5. The van der Waals surface area contributed by atoms with Crippen molar-refractivity contribution in [1.82, 2.24) is 4.98 Å². The summed E-state index contributed by atoms with van der Waals surface area (Å²) in [5.74, 6) is -4.57. The summed E-state index contributed by atoms with van der Waals surface area (Å²) in [6.07, 6.45) is 1.10. The Kier molecular flexibility index (Phi) is 5.69. The molecule has 0 unspecified atom stereocenters. The van der Waals surface area contributed by atoms with Crippen molar-refractivity contribution >= 4 is 33.3 Å². The molecule has 1 amide bonds. The number of aromatic nitrogens is 1. The zero-order chi connectivity index (χ0) is 21.3. The molecule has 28 heavy (non-hydrogen) atoms. The first kappa shape index (κ1) is 21.2. The fourth-order valence-corrected chi connectivity index (χ4v) is 2.91. The molecular formula is C17H17F2N3O5S. The van der Waals surface area contributed by atoms with Crippen LogP contribution in [0.5, 0.6) is 0 Å². The molecule has 0 bridgehead atoms. The van der Waals surface area contributed by atoms with Crippen LogP contribution in [-0.2, 0) is 14.8 Å². The average molecular weight is 413 g/mol. The fourth-order valence-electron chi connectivity index (χ4n) is 1.92. The molecule has 3 N–H and O–H groups in total. The highest BCUT2D eigenvalue weighted by atomic mass is 32.2. The number of carboxylic acids is 1. The first-order chi connectivity index (χ1) is 12.8. The molecular weight excluding hydrogens is 396 g/mol. The third-order valence-electron chi connectivity index (χ3n) is 3.48. The van der Waals surface area contributed by atoms with Crippen LogP contribution < -0.4 is 10.0 Å². The van der Waals surface area contributed by atoms with E-state index in [1.165, 1.54) is 6.07 Å². The third kappa shape index (κ3) is 4.80. The Bertz CT molecular complexity index is 1030. The van der Waals surface area contributed by atoms with Gasteiger partial charge in [0.2, 0.25) is 5.91 Å². The smallest absolute Gasteiger partial charge is 0.338 e. The number of benzene rings is 1. The van der Waals surface area contributed by atoms with E-state index < -0.39 is 49.3 Å². The second-order valence-corrected chi connectivity index (χ2v) is 8.44. The minimum atomic E-state index is -4.39. The van der Waals surface area contributed by atoms with E-state index in [-0.39, 0.29) is 11.6 Å². The van der Waals surface area contributed by atoms with Crippen LogP contribution in [0, 0.1) is 17.0 Å². The van der Waals surface area contributed by atoms with E-state index in [0.29, 0.717) is 12.1 Å². The number of halogens is 2. The van der Waals surface area contributed by atoms with Crippen molar-refractivity contribution in [3.63, 3.8) is 0 Å². The van der Waals surface area contributed by atoms with E-state index in [9.17, 15) is 26.8 Å². The van der Waals surface area contributed by atoms with E-state index in [0.717, 1.165) is 12.3 Å². The summed E-state index contributed by atoms with van der Waals surface area (Å²) in [6.45, 7) is 5.09. The van der Waals surface area contributed by atoms with E-state index in [2.05, 4.69) is 10.3 Å². The Morgan fingerprint density at radius 3 is 2.25 bits per heavy atom. The molecule has 8 nitrogen and oxygen atoms in total. The molecule has 1 aromatic heterocycles. The number of pyridine rings is 1. The lowest BCUT2D eigenvalue weighted by molar-refractivity contribution is -0.123. The Labute approximate surface area is 159 Å². The van der Waals surface area contributed by atoms with Crippen molar-refractivity contribution in [2.75, 3.05) is 10.0 Å². The quantitative estimate of drug-likeness (QED) is 0.692. The van der Waals surface area contributed by atoms with Crippen molar-refractivity contribution in [2.45, 2.75) is 25.8 Å². The number of anilines is 2. The number of carbonyl (C=O) groups is 2. The van der Waals surface area contributed by atoms with Gasteiger partial charge < -0.3 is 10.4 Å². The summed E-state index contributed by atoms with van der Waals surface area (Å²) in [5.41, 5.74) is -2.12. The number of carbonyl (C=O) groups excluding carboxylic acids is 1. The van der Waals surface area contributed by atoms with Gasteiger partial charge in [0.1, 0.15) is 11.6 Å². The molecule has 0 saturated carbocycles. The molecule has 0 aliphatic heterocycles. The van der Waals surface area contributed by atoms with Gasteiger partial charge in [-0.05, 0) is 18.2 Å². The molecule has 0 aliphatic rings. The highest BCUT2D eigenvalue weighted by Gasteiger charge is 2.23. The number of nitrogens with zero attached hydrogens (tertiary/aromatic N) is 1. The number of hydrogen-bond donors (Lipinski definition) is 3. The molecule has 0 atom stereocenters. The third-order valence-corrected chi connectivity index (χ3v) is 4.76. The van der Waals surface area contributed by atoms with Gasteiger partial charge in [-0.2, -0.15) is 8.42 Å². The number of carboxylic acid groups (broad SMARTS) is 1. The number of aromatic carboxylic acids is 1. The molecule has 0 spiro atoms. The fraction of sp³-hybridized carbons (Fsp3) is 0.235. The molecule has 0 fully saturated rings. The van der Waals surface area contributed by atoms with Crippen LogP contribution in [0.4, 0.5) is 20.2 Å². The number of rotatable bonds is 5. The van der Waals surface area contributed by atoms with Crippen LogP contribution in [-0.4, -0.2) is 30.4 Å². The second-order valence-electron chi connectivity index (χ2n) is 6.81. The molecule has 0 aliphatic carbocycles. The molecule has 0 radical (unpaired) electrons. The van der Waals surface area contributed by atoms with Crippen LogP contribution in [0.3, 0.4) is 0 Å². The molecule has 11 heteroatoms. The summed E-state index contributed by atoms with van der Waals surface area (Å²) in [5, 5.41) is 10.8. The SMILES string of the molecule is CC(C)(C)C(=O)Nc1ccc(S(=O)(=O)Nc2cc(F)c(C(=O)O)cc2F)nc1. The van der Waals surface area contributed by atoms with Crippen molar-refractivity contribution in [3.05, 3.63) is 47.7 Å². The Morgan fingerprint density at radius 2 is 1.75 bits per heavy atom. The first-order valence-electron chi connectivity index (χ1n) is 7.84. The van der Waals surface area contributed by atoms with Crippen LogP contribution >= 0.6 is 0 Å².